The number of nitro benzene ring substituents is 1. The third kappa shape index (κ3) is 4.54. The lowest BCUT2D eigenvalue weighted by Gasteiger charge is -2.09. The van der Waals surface area contributed by atoms with E-state index in [-0.39, 0.29) is 23.6 Å². The second-order valence-electron chi connectivity index (χ2n) is 4.76. The molecule has 0 radical (unpaired) electrons. The van der Waals surface area contributed by atoms with E-state index < -0.39 is 16.7 Å². The molecule has 130 valence electrons. The van der Waals surface area contributed by atoms with Crippen LogP contribution in [0.2, 0.25) is 0 Å². The molecule has 8 nitrogen and oxygen atoms in total. The van der Waals surface area contributed by atoms with E-state index >= 15 is 0 Å². The quantitative estimate of drug-likeness (QED) is 0.584. The average Bonchev–Trinajstić information content (AvgIpc) is 2.60. The van der Waals surface area contributed by atoms with Gasteiger partial charge in [-0.15, -0.1) is 0 Å². The molecule has 0 spiro atoms. The van der Waals surface area contributed by atoms with E-state index in [0.29, 0.717) is 10.0 Å². The molecule has 2 rings (SSSR count). The first-order valence-electron chi connectivity index (χ1n) is 7.20. The number of nitrogens with zero attached hydrogens (tertiary/aromatic N) is 1. The maximum absolute atomic E-state index is 12.1. The Labute approximate surface area is 151 Å². The maximum atomic E-state index is 12.1. The van der Waals surface area contributed by atoms with Gasteiger partial charge in [-0.2, -0.15) is 0 Å². The van der Waals surface area contributed by atoms with Crippen molar-refractivity contribution >= 4 is 33.4 Å². The molecule has 0 aliphatic carbocycles. The van der Waals surface area contributed by atoms with E-state index in [1.807, 2.05) is 0 Å². The SMILES string of the molecule is CCOc1ccc(C(=O)NNC(=O)c2ccccc2Br)cc1[N+](=O)[O-]. The highest BCUT2D eigenvalue weighted by Crippen LogP contribution is 2.27. The highest BCUT2D eigenvalue weighted by molar-refractivity contribution is 9.10. The summed E-state index contributed by atoms with van der Waals surface area (Å²) in [5.41, 5.74) is 4.50. The molecule has 2 aromatic rings. The standard InChI is InChI=1S/C16H14BrN3O5/c1-2-25-14-8-7-10(9-13(14)20(23)24)15(21)18-19-16(22)11-5-3-4-6-12(11)17/h3-9H,2H2,1H3,(H,18,21)(H,19,22). The predicted octanol–water partition coefficient (Wildman–Crippen LogP) is 2.83. The lowest BCUT2D eigenvalue weighted by Crippen LogP contribution is -2.41. The summed E-state index contributed by atoms with van der Waals surface area (Å²) in [6.45, 7) is 1.95. The Morgan fingerprint density at radius 3 is 2.48 bits per heavy atom. The van der Waals surface area contributed by atoms with E-state index in [1.54, 1.807) is 31.2 Å². The molecule has 0 saturated heterocycles. The van der Waals surface area contributed by atoms with Crippen LogP contribution in [0.3, 0.4) is 0 Å². The zero-order chi connectivity index (χ0) is 18.4. The Bertz CT molecular complexity index is 825. The minimum atomic E-state index is -0.688. The number of hydrogen-bond donors (Lipinski definition) is 2. The van der Waals surface area contributed by atoms with Crippen molar-refractivity contribution in [3.63, 3.8) is 0 Å². The van der Waals surface area contributed by atoms with Crippen molar-refractivity contribution in [1.82, 2.24) is 10.9 Å². The Morgan fingerprint density at radius 2 is 1.84 bits per heavy atom. The van der Waals surface area contributed by atoms with Gasteiger partial charge in [0.2, 0.25) is 0 Å². The molecule has 0 heterocycles. The number of carbonyl (C=O) groups is 2. The van der Waals surface area contributed by atoms with Crippen LogP contribution in [0, 0.1) is 10.1 Å². The van der Waals surface area contributed by atoms with E-state index in [4.69, 9.17) is 4.74 Å². The van der Waals surface area contributed by atoms with Crippen LogP contribution >= 0.6 is 15.9 Å². The molecular weight excluding hydrogens is 394 g/mol. The van der Waals surface area contributed by atoms with Gasteiger partial charge in [-0.05, 0) is 47.1 Å². The molecule has 0 bridgehead atoms. The molecule has 25 heavy (non-hydrogen) atoms. The molecule has 0 aromatic heterocycles. The average molecular weight is 408 g/mol. The van der Waals surface area contributed by atoms with Crippen LogP contribution in [0.5, 0.6) is 5.75 Å². The molecule has 0 atom stereocenters. The van der Waals surface area contributed by atoms with Gasteiger partial charge in [-0.1, -0.05) is 12.1 Å². The molecule has 2 N–H and O–H groups in total. The van der Waals surface area contributed by atoms with Crippen LogP contribution < -0.4 is 15.6 Å². The van der Waals surface area contributed by atoms with Gasteiger partial charge in [-0.3, -0.25) is 30.6 Å². The summed E-state index contributed by atoms with van der Waals surface area (Å²) in [5, 5.41) is 11.1. The number of ether oxygens (including phenoxy) is 1. The third-order valence-electron chi connectivity index (χ3n) is 3.13. The van der Waals surface area contributed by atoms with Crippen LogP contribution in [-0.4, -0.2) is 23.3 Å². The zero-order valence-corrected chi connectivity index (χ0v) is 14.7. The maximum Gasteiger partial charge on any atom is 0.311 e. The fourth-order valence-corrected chi connectivity index (χ4v) is 2.44. The van der Waals surface area contributed by atoms with Gasteiger partial charge in [0.25, 0.3) is 11.8 Å². The van der Waals surface area contributed by atoms with Gasteiger partial charge >= 0.3 is 5.69 Å². The van der Waals surface area contributed by atoms with E-state index in [2.05, 4.69) is 26.8 Å². The lowest BCUT2D eigenvalue weighted by atomic mass is 10.2. The molecule has 9 heteroatoms. The number of halogens is 1. The summed E-state index contributed by atoms with van der Waals surface area (Å²) < 4.78 is 5.72. The first-order valence-corrected chi connectivity index (χ1v) is 7.99. The minimum Gasteiger partial charge on any atom is -0.487 e. The Kier molecular flexibility index (Phi) is 6.07. The van der Waals surface area contributed by atoms with Gasteiger partial charge in [0.05, 0.1) is 17.1 Å². The summed E-state index contributed by atoms with van der Waals surface area (Å²) in [6, 6.07) is 10.5. The van der Waals surface area contributed by atoms with E-state index in [9.17, 15) is 19.7 Å². The number of rotatable bonds is 5. The predicted molar refractivity (Wildman–Crippen MR) is 93.3 cm³/mol. The van der Waals surface area contributed by atoms with Crippen LogP contribution in [0.1, 0.15) is 27.6 Å². The summed E-state index contributed by atoms with van der Waals surface area (Å²) in [4.78, 5) is 34.6. The van der Waals surface area contributed by atoms with Crippen molar-refractivity contribution in [2.75, 3.05) is 6.61 Å². The molecule has 0 unspecified atom stereocenters. The van der Waals surface area contributed by atoms with E-state index in [1.165, 1.54) is 12.1 Å². The minimum absolute atomic E-state index is 0.0163. The largest absolute Gasteiger partial charge is 0.487 e. The normalized spacial score (nSPS) is 10.0. The van der Waals surface area contributed by atoms with Gasteiger partial charge < -0.3 is 4.74 Å². The lowest BCUT2D eigenvalue weighted by molar-refractivity contribution is -0.385. The number of carbonyl (C=O) groups excluding carboxylic acids is 2. The summed E-state index contributed by atoms with van der Waals surface area (Å²) in [7, 11) is 0. The van der Waals surface area contributed by atoms with Crippen LogP contribution in [0.15, 0.2) is 46.9 Å². The third-order valence-corrected chi connectivity index (χ3v) is 3.82. The number of nitrogens with one attached hydrogen (secondary N) is 2. The van der Waals surface area contributed by atoms with Crippen LogP contribution in [0.25, 0.3) is 0 Å². The highest BCUT2D eigenvalue weighted by atomic mass is 79.9. The molecule has 0 aliphatic rings. The number of hydrazine groups is 1. The molecule has 0 saturated carbocycles. The smallest absolute Gasteiger partial charge is 0.311 e. The highest BCUT2D eigenvalue weighted by Gasteiger charge is 2.19. The first kappa shape index (κ1) is 18.4. The zero-order valence-electron chi connectivity index (χ0n) is 13.1. The van der Waals surface area contributed by atoms with Gasteiger partial charge in [0.15, 0.2) is 5.75 Å². The molecule has 2 aromatic carbocycles. The Morgan fingerprint density at radius 1 is 1.16 bits per heavy atom. The van der Waals surface area contributed by atoms with Crippen molar-refractivity contribution in [2.45, 2.75) is 6.92 Å². The number of nitro groups is 1. The summed E-state index contributed by atoms with van der Waals surface area (Å²) >= 11 is 3.23. The van der Waals surface area contributed by atoms with Gasteiger partial charge in [0, 0.05) is 16.1 Å². The first-order chi connectivity index (χ1) is 11.9. The Hall–Kier alpha value is -2.94. The molecule has 0 aliphatic heterocycles. The van der Waals surface area contributed by atoms with Crippen molar-refractivity contribution < 1.29 is 19.2 Å². The van der Waals surface area contributed by atoms with Gasteiger partial charge in [0.1, 0.15) is 0 Å². The van der Waals surface area contributed by atoms with E-state index in [0.717, 1.165) is 6.07 Å². The second kappa shape index (κ2) is 8.25. The van der Waals surface area contributed by atoms with Crippen molar-refractivity contribution in [3.05, 3.63) is 68.2 Å². The van der Waals surface area contributed by atoms with Crippen LogP contribution in [0.4, 0.5) is 5.69 Å². The fourth-order valence-electron chi connectivity index (χ4n) is 1.98. The summed E-state index contributed by atoms with van der Waals surface area (Å²) in [5.74, 6) is -1.14. The summed E-state index contributed by atoms with van der Waals surface area (Å²) in [6.07, 6.45) is 0. The van der Waals surface area contributed by atoms with Crippen molar-refractivity contribution in [3.8, 4) is 5.75 Å². The van der Waals surface area contributed by atoms with Crippen LogP contribution in [-0.2, 0) is 0 Å². The molecular formula is C16H14BrN3O5. The van der Waals surface area contributed by atoms with Crippen molar-refractivity contribution in [2.24, 2.45) is 0 Å². The molecule has 0 fully saturated rings. The topological polar surface area (TPSA) is 111 Å². The second-order valence-corrected chi connectivity index (χ2v) is 5.62. The number of benzene rings is 2. The number of amides is 2. The monoisotopic (exact) mass is 407 g/mol. The molecule has 2 amide bonds. The number of hydrogen-bond acceptors (Lipinski definition) is 5. The Balaban J connectivity index is 2.11. The fraction of sp³-hybridized carbons (Fsp3) is 0.125. The van der Waals surface area contributed by atoms with Gasteiger partial charge in [-0.25, -0.2) is 0 Å². The van der Waals surface area contributed by atoms with Crippen molar-refractivity contribution in [1.29, 1.82) is 0 Å².